The van der Waals surface area contributed by atoms with E-state index in [1.54, 1.807) is 23.1 Å². The maximum Gasteiger partial charge on any atom is 0.264 e. The van der Waals surface area contributed by atoms with Crippen LogP contribution in [0.15, 0.2) is 36.4 Å². The number of hydrogen-bond donors (Lipinski definition) is 0. The number of amides is 1. The van der Waals surface area contributed by atoms with Gasteiger partial charge in [-0.25, -0.2) is 0 Å². The van der Waals surface area contributed by atoms with Gasteiger partial charge >= 0.3 is 0 Å². The molecule has 0 unspecified atom stereocenters. The zero-order valence-electron chi connectivity index (χ0n) is 14.1. The van der Waals surface area contributed by atoms with E-state index in [2.05, 4.69) is 6.07 Å². The molecule has 0 spiro atoms. The number of nitriles is 1. The summed E-state index contributed by atoms with van der Waals surface area (Å²) in [6.45, 7) is 4.03. The molecule has 0 fully saturated rings. The fourth-order valence-electron chi connectivity index (χ4n) is 2.48. The highest BCUT2D eigenvalue weighted by molar-refractivity contribution is 6.42. The third-order valence-corrected chi connectivity index (χ3v) is 4.34. The number of benzene rings is 2. The molecule has 0 radical (unpaired) electrons. The molecular formula is C19H18Cl2N2O2. The summed E-state index contributed by atoms with van der Waals surface area (Å²) in [6.07, 6.45) is 0.233. The Labute approximate surface area is 157 Å². The van der Waals surface area contributed by atoms with Crippen molar-refractivity contribution in [3.63, 3.8) is 0 Å². The van der Waals surface area contributed by atoms with Crippen molar-refractivity contribution in [3.05, 3.63) is 57.6 Å². The zero-order chi connectivity index (χ0) is 18.4. The topological polar surface area (TPSA) is 53.3 Å². The average molecular weight is 377 g/mol. The molecule has 2 rings (SSSR count). The van der Waals surface area contributed by atoms with Crippen molar-refractivity contribution < 1.29 is 9.53 Å². The van der Waals surface area contributed by atoms with Crippen LogP contribution in [0.4, 0.5) is 5.69 Å². The number of anilines is 1. The van der Waals surface area contributed by atoms with E-state index >= 15 is 0 Å². The summed E-state index contributed by atoms with van der Waals surface area (Å²) < 4.78 is 5.53. The predicted molar refractivity (Wildman–Crippen MR) is 100 cm³/mol. The van der Waals surface area contributed by atoms with Crippen LogP contribution in [0.25, 0.3) is 0 Å². The van der Waals surface area contributed by atoms with Crippen molar-refractivity contribution >= 4 is 34.8 Å². The van der Waals surface area contributed by atoms with Crippen molar-refractivity contribution in [1.29, 1.82) is 5.26 Å². The van der Waals surface area contributed by atoms with Crippen LogP contribution in [0, 0.1) is 25.2 Å². The second-order valence-electron chi connectivity index (χ2n) is 5.64. The van der Waals surface area contributed by atoms with E-state index in [4.69, 9.17) is 33.2 Å². The van der Waals surface area contributed by atoms with E-state index in [1.807, 2.05) is 32.0 Å². The molecule has 0 saturated heterocycles. The predicted octanol–water partition coefficient (Wildman–Crippen LogP) is 4.94. The van der Waals surface area contributed by atoms with Crippen LogP contribution in [0.1, 0.15) is 17.5 Å². The molecule has 4 nitrogen and oxygen atoms in total. The van der Waals surface area contributed by atoms with E-state index in [0.717, 1.165) is 16.8 Å². The SMILES string of the molecule is Cc1cc(C)cc(N(CCC#N)C(=O)COc2cccc(Cl)c2Cl)c1. The minimum absolute atomic E-state index is 0.196. The standard InChI is InChI=1S/C19H18Cl2N2O2/c1-13-9-14(2)11-15(10-13)23(8-4-7-22)18(24)12-25-17-6-3-5-16(20)19(17)21/h3,5-6,9-11H,4,8,12H2,1-2H3. The van der Waals surface area contributed by atoms with Gasteiger partial charge in [0.15, 0.2) is 6.61 Å². The van der Waals surface area contributed by atoms with E-state index in [1.165, 1.54) is 0 Å². The lowest BCUT2D eigenvalue weighted by molar-refractivity contribution is -0.120. The third kappa shape index (κ3) is 5.12. The number of carbonyl (C=O) groups excluding carboxylic acids is 1. The van der Waals surface area contributed by atoms with Gasteiger partial charge in [0, 0.05) is 12.2 Å². The molecule has 0 aliphatic heterocycles. The Bertz CT molecular complexity index is 795. The minimum atomic E-state index is -0.253. The van der Waals surface area contributed by atoms with Gasteiger partial charge in [-0.05, 0) is 49.2 Å². The van der Waals surface area contributed by atoms with E-state index in [-0.39, 0.29) is 24.0 Å². The summed E-state index contributed by atoms with van der Waals surface area (Å²) in [7, 11) is 0. The first-order valence-electron chi connectivity index (χ1n) is 7.75. The summed E-state index contributed by atoms with van der Waals surface area (Å²) in [5.41, 5.74) is 2.84. The fraction of sp³-hybridized carbons (Fsp3) is 0.263. The fourth-order valence-corrected chi connectivity index (χ4v) is 2.83. The third-order valence-electron chi connectivity index (χ3n) is 3.53. The molecule has 0 bridgehead atoms. The summed E-state index contributed by atoms with van der Waals surface area (Å²) >= 11 is 12.0. The van der Waals surface area contributed by atoms with E-state index in [0.29, 0.717) is 17.3 Å². The molecule has 0 aliphatic rings. The molecule has 0 atom stereocenters. The van der Waals surface area contributed by atoms with Gasteiger partial charge in [0.2, 0.25) is 0 Å². The smallest absolute Gasteiger partial charge is 0.264 e. The Balaban J connectivity index is 2.18. The minimum Gasteiger partial charge on any atom is -0.482 e. The number of aryl methyl sites for hydroxylation is 2. The van der Waals surface area contributed by atoms with Crippen LogP contribution in [0.2, 0.25) is 10.0 Å². The molecule has 2 aromatic carbocycles. The summed E-state index contributed by atoms with van der Waals surface area (Å²) in [4.78, 5) is 14.2. The van der Waals surface area contributed by atoms with Gasteiger partial charge in [-0.2, -0.15) is 5.26 Å². The lowest BCUT2D eigenvalue weighted by Crippen LogP contribution is -2.35. The van der Waals surface area contributed by atoms with Crippen molar-refractivity contribution in [2.24, 2.45) is 0 Å². The molecule has 6 heteroatoms. The first kappa shape index (κ1) is 19.1. The largest absolute Gasteiger partial charge is 0.482 e. The highest BCUT2D eigenvalue weighted by Crippen LogP contribution is 2.31. The Morgan fingerprint density at radius 3 is 2.52 bits per heavy atom. The molecule has 130 valence electrons. The van der Waals surface area contributed by atoms with Crippen molar-refractivity contribution in [2.45, 2.75) is 20.3 Å². The van der Waals surface area contributed by atoms with Gasteiger partial charge in [-0.1, -0.05) is 35.3 Å². The molecule has 0 aromatic heterocycles. The number of rotatable bonds is 6. The number of hydrogen-bond acceptors (Lipinski definition) is 3. The van der Waals surface area contributed by atoms with Gasteiger partial charge in [0.1, 0.15) is 10.8 Å². The van der Waals surface area contributed by atoms with Gasteiger partial charge in [-0.3, -0.25) is 4.79 Å². The summed E-state index contributed by atoms with van der Waals surface area (Å²) in [5, 5.41) is 9.51. The van der Waals surface area contributed by atoms with Crippen molar-refractivity contribution in [2.75, 3.05) is 18.1 Å². The molecule has 0 saturated carbocycles. The number of nitrogens with zero attached hydrogens (tertiary/aromatic N) is 2. The first-order chi connectivity index (χ1) is 11.9. The normalized spacial score (nSPS) is 10.2. The van der Waals surface area contributed by atoms with Crippen LogP contribution in [-0.2, 0) is 4.79 Å². The van der Waals surface area contributed by atoms with Crippen molar-refractivity contribution in [3.8, 4) is 11.8 Å². The number of halogens is 2. The lowest BCUT2D eigenvalue weighted by Gasteiger charge is -2.23. The molecule has 0 aliphatic carbocycles. The van der Waals surface area contributed by atoms with Gasteiger partial charge in [0.25, 0.3) is 5.91 Å². The lowest BCUT2D eigenvalue weighted by atomic mass is 10.1. The van der Waals surface area contributed by atoms with Gasteiger partial charge in [-0.15, -0.1) is 0 Å². The van der Waals surface area contributed by atoms with Crippen LogP contribution >= 0.6 is 23.2 Å². The molecular weight excluding hydrogens is 359 g/mol. The Kier molecular flexibility index (Phi) is 6.69. The second-order valence-corrected chi connectivity index (χ2v) is 6.43. The van der Waals surface area contributed by atoms with Crippen LogP contribution < -0.4 is 9.64 Å². The van der Waals surface area contributed by atoms with Crippen molar-refractivity contribution in [1.82, 2.24) is 0 Å². The Morgan fingerprint density at radius 2 is 1.88 bits per heavy atom. The van der Waals surface area contributed by atoms with E-state index < -0.39 is 0 Å². The molecule has 0 N–H and O–H groups in total. The highest BCUT2D eigenvalue weighted by Gasteiger charge is 2.18. The van der Waals surface area contributed by atoms with E-state index in [9.17, 15) is 4.79 Å². The first-order valence-corrected chi connectivity index (χ1v) is 8.50. The Morgan fingerprint density at radius 1 is 1.20 bits per heavy atom. The molecule has 2 aromatic rings. The molecule has 0 heterocycles. The highest BCUT2D eigenvalue weighted by atomic mass is 35.5. The average Bonchev–Trinajstić information content (AvgIpc) is 2.55. The van der Waals surface area contributed by atoms with Crippen LogP contribution in [-0.4, -0.2) is 19.1 Å². The number of carbonyl (C=O) groups is 1. The molecule has 25 heavy (non-hydrogen) atoms. The Hall–Kier alpha value is -2.22. The van der Waals surface area contributed by atoms with Crippen LogP contribution in [0.5, 0.6) is 5.75 Å². The maximum atomic E-state index is 12.7. The summed E-state index contributed by atoms with van der Waals surface area (Å²) in [6, 6.07) is 12.9. The maximum absolute atomic E-state index is 12.7. The zero-order valence-corrected chi connectivity index (χ0v) is 15.6. The summed E-state index contributed by atoms with van der Waals surface area (Å²) in [5.74, 6) is 0.0967. The second kappa shape index (κ2) is 8.75. The van der Waals surface area contributed by atoms with Crippen LogP contribution in [0.3, 0.4) is 0 Å². The monoisotopic (exact) mass is 376 g/mol. The van der Waals surface area contributed by atoms with Gasteiger partial charge in [0.05, 0.1) is 17.5 Å². The quantitative estimate of drug-likeness (QED) is 0.717. The number of ether oxygens (including phenoxy) is 1. The molecule has 1 amide bonds. The van der Waals surface area contributed by atoms with Gasteiger partial charge < -0.3 is 9.64 Å².